The summed E-state index contributed by atoms with van der Waals surface area (Å²) in [4.78, 5) is 10.4. The van der Waals surface area contributed by atoms with Gasteiger partial charge in [-0.25, -0.2) is 9.18 Å². The Hall–Kier alpha value is -1.88. The summed E-state index contributed by atoms with van der Waals surface area (Å²) in [6, 6.07) is 4.03. The molecule has 1 N–H and O–H groups in total. The smallest absolute Gasteiger partial charge is 0.328 e. The summed E-state index contributed by atoms with van der Waals surface area (Å²) in [7, 11) is 1.56. The molecule has 0 aliphatic carbocycles. The summed E-state index contributed by atoms with van der Waals surface area (Å²) in [5.41, 5.74) is 0.428. The van der Waals surface area contributed by atoms with E-state index in [-0.39, 0.29) is 6.10 Å². The second-order valence-corrected chi connectivity index (χ2v) is 3.75. The van der Waals surface area contributed by atoms with Crippen LogP contribution in [0.25, 0.3) is 6.08 Å². The minimum atomic E-state index is -1.09. The molecule has 0 aliphatic heterocycles. The van der Waals surface area contributed by atoms with E-state index in [9.17, 15) is 9.18 Å². The fourth-order valence-electron chi connectivity index (χ4n) is 1.21. The molecule has 0 saturated heterocycles. The number of hydrogen-bond acceptors (Lipinski definition) is 3. The summed E-state index contributed by atoms with van der Waals surface area (Å²) >= 11 is 0. The van der Waals surface area contributed by atoms with Crippen LogP contribution >= 0.6 is 0 Å². The van der Waals surface area contributed by atoms with E-state index in [1.165, 1.54) is 18.2 Å². The Morgan fingerprint density at radius 3 is 2.83 bits per heavy atom. The number of rotatable bonds is 6. The van der Waals surface area contributed by atoms with Gasteiger partial charge in [-0.05, 0) is 30.7 Å². The zero-order chi connectivity index (χ0) is 13.5. The van der Waals surface area contributed by atoms with Crippen molar-refractivity contribution in [2.24, 2.45) is 0 Å². The van der Waals surface area contributed by atoms with E-state index in [0.29, 0.717) is 17.9 Å². The first kappa shape index (κ1) is 14.2. The molecule has 1 atom stereocenters. The number of aliphatic carboxylic acids is 1. The number of halogens is 1. The Bertz CT molecular complexity index is 443. The van der Waals surface area contributed by atoms with E-state index in [4.69, 9.17) is 14.6 Å². The summed E-state index contributed by atoms with van der Waals surface area (Å²) in [6.07, 6.45) is 2.14. The SMILES string of the molecule is COC(C)COc1cc(F)cc(/C=C/C(=O)O)c1. The zero-order valence-corrected chi connectivity index (χ0v) is 10.2. The van der Waals surface area contributed by atoms with Gasteiger partial charge in [-0.3, -0.25) is 0 Å². The summed E-state index contributed by atoms with van der Waals surface area (Å²) < 4.78 is 23.6. The lowest BCUT2D eigenvalue weighted by Crippen LogP contribution is -2.16. The molecule has 4 nitrogen and oxygen atoms in total. The molecule has 0 radical (unpaired) electrons. The van der Waals surface area contributed by atoms with E-state index < -0.39 is 11.8 Å². The van der Waals surface area contributed by atoms with Gasteiger partial charge in [-0.15, -0.1) is 0 Å². The van der Waals surface area contributed by atoms with Crippen molar-refractivity contribution in [2.45, 2.75) is 13.0 Å². The molecule has 0 aromatic heterocycles. The zero-order valence-electron chi connectivity index (χ0n) is 10.2. The molecule has 5 heteroatoms. The number of carboxylic acid groups (broad SMARTS) is 1. The Labute approximate surface area is 105 Å². The number of ether oxygens (including phenoxy) is 2. The van der Waals surface area contributed by atoms with Gasteiger partial charge in [0.25, 0.3) is 0 Å². The third-order valence-corrected chi connectivity index (χ3v) is 2.20. The molecular weight excluding hydrogens is 239 g/mol. The Balaban J connectivity index is 2.77. The van der Waals surface area contributed by atoms with Crippen molar-refractivity contribution in [3.63, 3.8) is 0 Å². The molecule has 1 rings (SSSR count). The molecule has 0 heterocycles. The highest BCUT2D eigenvalue weighted by Gasteiger charge is 2.04. The van der Waals surface area contributed by atoms with Crippen LogP contribution in [0.15, 0.2) is 24.3 Å². The van der Waals surface area contributed by atoms with Gasteiger partial charge in [0, 0.05) is 19.3 Å². The van der Waals surface area contributed by atoms with Crippen LogP contribution in [0.5, 0.6) is 5.75 Å². The van der Waals surface area contributed by atoms with E-state index >= 15 is 0 Å². The van der Waals surface area contributed by atoms with E-state index in [1.54, 1.807) is 13.2 Å². The van der Waals surface area contributed by atoms with Crippen LogP contribution in [0.2, 0.25) is 0 Å². The second-order valence-electron chi connectivity index (χ2n) is 3.75. The first-order chi connectivity index (χ1) is 8.51. The van der Waals surface area contributed by atoms with Crippen molar-refractivity contribution < 1.29 is 23.8 Å². The van der Waals surface area contributed by atoms with Gasteiger partial charge in [-0.2, -0.15) is 0 Å². The summed E-state index contributed by atoms with van der Waals surface area (Å²) in [5, 5.41) is 8.49. The van der Waals surface area contributed by atoms with Gasteiger partial charge in [0.2, 0.25) is 0 Å². The number of carboxylic acids is 1. The topological polar surface area (TPSA) is 55.8 Å². The van der Waals surface area contributed by atoms with E-state index in [1.807, 2.05) is 6.92 Å². The molecule has 98 valence electrons. The average Bonchev–Trinajstić information content (AvgIpc) is 2.33. The van der Waals surface area contributed by atoms with Crippen molar-refractivity contribution in [1.82, 2.24) is 0 Å². The molecule has 1 unspecified atom stereocenters. The van der Waals surface area contributed by atoms with E-state index in [2.05, 4.69) is 0 Å². The van der Waals surface area contributed by atoms with Gasteiger partial charge in [0.05, 0.1) is 6.10 Å². The fourth-order valence-corrected chi connectivity index (χ4v) is 1.21. The minimum Gasteiger partial charge on any atom is -0.491 e. The number of methoxy groups -OCH3 is 1. The largest absolute Gasteiger partial charge is 0.491 e. The molecular formula is C13H15FO4. The van der Waals surface area contributed by atoms with Gasteiger partial charge in [0.15, 0.2) is 0 Å². The molecule has 0 spiro atoms. The van der Waals surface area contributed by atoms with Gasteiger partial charge < -0.3 is 14.6 Å². The maximum absolute atomic E-state index is 13.3. The molecule has 0 amide bonds. The lowest BCUT2D eigenvalue weighted by atomic mass is 10.2. The molecule has 0 bridgehead atoms. The normalized spacial score (nSPS) is 12.6. The predicted molar refractivity (Wildman–Crippen MR) is 65.0 cm³/mol. The lowest BCUT2D eigenvalue weighted by molar-refractivity contribution is -0.131. The highest BCUT2D eigenvalue weighted by Crippen LogP contribution is 2.18. The summed E-state index contributed by atoms with van der Waals surface area (Å²) in [5.74, 6) is -1.23. The number of hydrogen-bond donors (Lipinski definition) is 1. The molecule has 0 aliphatic rings. The van der Waals surface area contributed by atoms with Crippen molar-refractivity contribution >= 4 is 12.0 Å². The molecule has 1 aromatic rings. The quantitative estimate of drug-likeness (QED) is 0.792. The maximum atomic E-state index is 13.3. The Morgan fingerprint density at radius 2 is 2.22 bits per heavy atom. The van der Waals surface area contributed by atoms with Crippen LogP contribution in [-0.4, -0.2) is 30.9 Å². The predicted octanol–water partition coefficient (Wildman–Crippen LogP) is 2.34. The number of carbonyl (C=O) groups is 1. The van der Waals surface area contributed by atoms with Crippen LogP contribution in [0.3, 0.4) is 0 Å². The van der Waals surface area contributed by atoms with E-state index in [0.717, 1.165) is 6.08 Å². The van der Waals surface area contributed by atoms with Crippen LogP contribution in [0, 0.1) is 5.82 Å². The van der Waals surface area contributed by atoms with Crippen molar-refractivity contribution in [3.8, 4) is 5.75 Å². The van der Waals surface area contributed by atoms with Crippen LogP contribution < -0.4 is 4.74 Å². The molecule has 0 fully saturated rings. The van der Waals surface area contributed by atoms with Crippen LogP contribution in [0.4, 0.5) is 4.39 Å². The monoisotopic (exact) mass is 254 g/mol. The maximum Gasteiger partial charge on any atom is 0.328 e. The first-order valence-corrected chi connectivity index (χ1v) is 5.38. The third kappa shape index (κ3) is 4.97. The van der Waals surface area contributed by atoms with Crippen molar-refractivity contribution in [2.75, 3.05) is 13.7 Å². The Kier molecular flexibility index (Phi) is 5.32. The average molecular weight is 254 g/mol. The molecule has 1 aromatic carbocycles. The second kappa shape index (κ2) is 6.76. The van der Waals surface area contributed by atoms with Gasteiger partial charge in [-0.1, -0.05) is 0 Å². The lowest BCUT2D eigenvalue weighted by Gasteiger charge is -2.11. The minimum absolute atomic E-state index is 0.105. The molecule has 0 saturated carbocycles. The van der Waals surface area contributed by atoms with Crippen molar-refractivity contribution in [3.05, 3.63) is 35.7 Å². The highest BCUT2D eigenvalue weighted by atomic mass is 19.1. The first-order valence-electron chi connectivity index (χ1n) is 5.38. The van der Waals surface area contributed by atoms with Gasteiger partial charge in [0.1, 0.15) is 18.2 Å². The van der Waals surface area contributed by atoms with Crippen LogP contribution in [0.1, 0.15) is 12.5 Å². The van der Waals surface area contributed by atoms with Gasteiger partial charge >= 0.3 is 5.97 Å². The summed E-state index contributed by atoms with van der Waals surface area (Å²) in [6.45, 7) is 2.12. The van der Waals surface area contributed by atoms with Crippen molar-refractivity contribution in [1.29, 1.82) is 0 Å². The standard InChI is InChI=1S/C13H15FO4/c1-9(17-2)8-18-12-6-10(3-4-13(15)16)5-11(14)7-12/h3-7,9H,8H2,1-2H3,(H,15,16)/b4-3+. The third-order valence-electron chi connectivity index (χ3n) is 2.20. The highest BCUT2D eigenvalue weighted by molar-refractivity contribution is 5.85. The number of benzene rings is 1. The van der Waals surface area contributed by atoms with Crippen LogP contribution in [-0.2, 0) is 9.53 Å². The fraction of sp³-hybridized carbons (Fsp3) is 0.308. The Morgan fingerprint density at radius 1 is 1.50 bits per heavy atom. The molecule has 18 heavy (non-hydrogen) atoms.